The fourth-order valence-electron chi connectivity index (χ4n) is 17.8. The summed E-state index contributed by atoms with van der Waals surface area (Å²) in [5, 5.41) is 11.3. The number of allylic oxidation sites excluding steroid dienone is 4. The van der Waals surface area contributed by atoms with Crippen molar-refractivity contribution in [1.82, 2.24) is 0 Å². The van der Waals surface area contributed by atoms with Crippen LogP contribution in [-0.4, -0.2) is 90.6 Å². The van der Waals surface area contributed by atoms with Gasteiger partial charge in [0.1, 0.15) is 46.4 Å². The van der Waals surface area contributed by atoms with Crippen molar-refractivity contribution in [2.45, 2.75) is 289 Å². The molecule has 2 aliphatic heterocycles. The van der Waals surface area contributed by atoms with Gasteiger partial charge in [-0.1, -0.05) is 351 Å². The molecule has 0 aliphatic carbocycles. The summed E-state index contributed by atoms with van der Waals surface area (Å²) in [4.78, 5) is 11.0. The molecule has 141 heavy (non-hydrogen) atoms. The summed E-state index contributed by atoms with van der Waals surface area (Å²) in [5.41, 5.74) is 14.2. The van der Waals surface area contributed by atoms with Gasteiger partial charge in [-0.05, 0) is 334 Å². The van der Waals surface area contributed by atoms with Crippen LogP contribution in [0.3, 0.4) is 0 Å². The number of aryl methyl sites for hydroxylation is 9. The summed E-state index contributed by atoms with van der Waals surface area (Å²) in [6.07, 6.45) is 58.0. The minimum absolute atomic E-state index is 0. The van der Waals surface area contributed by atoms with E-state index in [-0.39, 0.29) is 65.2 Å². The summed E-state index contributed by atoms with van der Waals surface area (Å²) in [6.45, 7) is 23.9. The SMILES string of the molecule is C.C=CCCc1ccc(CBr)cc1.C=CCCc1ccc(CCCCCCBr)cc1.C=CCCc1ccc(CCCCCCOC2CCCCO2)cc1.C=CCCc1ccc(CCCCCC[P+](c2ccccc2)(c2ccccc2)c2ccccc2)cc1.CC(=O)SCCCCc1ccc(CCCCCC[P+](c2ccccc2)(c2ccccc2)c2ccccc2)cc1.[Br-].[CH2-]CCCCOC1CCCCO1.[Mg+2]. The van der Waals surface area contributed by atoms with Gasteiger partial charge in [-0.3, -0.25) is 4.79 Å². The number of hydrogen-bond donors (Lipinski definition) is 0. The van der Waals surface area contributed by atoms with Crippen LogP contribution in [0.2, 0.25) is 0 Å². The molecule has 2 fully saturated rings. The Balaban J connectivity index is 0.000000313. The zero-order valence-electron chi connectivity index (χ0n) is 85.2. The third-order valence-corrected chi connectivity index (χ3v) is 37.0. The first-order valence-electron chi connectivity index (χ1n) is 52.5. The fraction of sp³-hybridized carbons (Fsp3) is 0.411. The Bertz CT molecular complexity index is 4680. The molecule has 0 spiro atoms. The topological polar surface area (TPSA) is 54.0 Å². The van der Waals surface area contributed by atoms with Gasteiger partial charge < -0.3 is 42.9 Å². The van der Waals surface area contributed by atoms with E-state index in [0.29, 0.717) is 0 Å². The molecule has 5 nitrogen and oxygen atoms in total. The van der Waals surface area contributed by atoms with Crippen molar-refractivity contribution < 1.29 is 40.7 Å². The normalized spacial score (nSPS) is 13.0. The molecule has 11 aromatic carbocycles. The van der Waals surface area contributed by atoms with Crippen LogP contribution in [-0.2, 0) is 86.9 Å². The molecule has 13 rings (SSSR count). The van der Waals surface area contributed by atoms with Crippen LogP contribution < -0.4 is 48.8 Å². The number of benzene rings is 11. The van der Waals surface area contributed by atoms with Gasteiger partial charge in [-0.25, -0.2) is 0 Å². The Kier molecular flexibility index (Phi) is 71.2. The molecule has 0 N–H and O–H groups in total. The summed E-state index contributed by atoms with van der Waals surface area (Å²) in [5.74, 6) is 0.943. The van der Waals surface area contributed by atoms with Crippen LogP contribution in [0.1, 0.15) is 269 Å². The minimum Gasteiger partial charge on any atom is -1.00 e. The molecule has 0 saturated carbocycles. The summed E-state index contributed by atoms with van der Waals surface area (Å²) < 4.78 is 22.3. The van der Waals surface area contributed by atoms with E-state index in [9.17, 15) is 4.79 Å². The average Bonchev–Trinajstić information content (AvgIpc) is 0.761. The van der Waals surface area contributed by atoms with Crippen LogP contribution >= 0.6 is 58.1 Å². The van der Waals surface area contributed by atoms with Crippen LogP contribution in [0.5, 0.6) is 0 Å². The van der Waals surface area contributed by atoms with Crippen molar-refractivity contribution in [2.75, 3.05) is 49.8 Å². The minimum atomic E-state index is -1.70. The number of unbranched alkanes of at least 4 members (excludes halogenated alkanes) is 15. The number of carbonyl (C=O) groups excluding carboxylic acids is 1. The van der Waals surface area contributed by atoms with Crippen LogP contribution in [0.4, 0.5) is 0 Å². The molecule has 754 valence electrons. The van der Waals surface area contributed by atoms with E-state index in [0.717, 1.165) is 158 Å². The van der Waals surface area contributed by atoms with Crippen LogP contribution in [0.15, 0.2) is 354 Å². The van der Waals surface area contributed by atoms with Gasteiger partial charge in [-0.2, -0.15) is 6.42 Å². The largest absolute Gasteiger partial charge is 2.00 e. The maximum Gasteiger partial charge on any atom is 2.00 e. The van der Waals surface area contributed by atoms with Gasteiger partial charge in [0.2, 0.25) is 0 Å². The van der Waals surface area contributed by atoms with E-state index in [1.807, 2.05) is 24.3 Å². The molecule has 2 atom stereocenters. The van der Waals surface area contributed by atoms with Crippen LogP contribution in [0, 0.1) is 6.92 Å². The number of alkyl halides is 2. The standard InChI is InChI=1S/C36H42OPS.C34H38P.C21H32O2.C16H23Br.C11H13Br.C10H19O2.CH4.BrH.Mg/c1-31(37)39-30-16-14-18-33-27-25-32(26-28-33)17-7-2-3-15-29-38(34-19-8-4-9-20-34,35-21-10-5-11-22-35)36-23-12-6-13-24-36;1-2-3-17-30-25-27-31(28-26-30)18-9-4-5-16-29-35(32-19-10-6-11-20-32,33-21-12-7-13-22-33)34-23-14-8-15-24-34;1-2-3-10-19-13-15-20(16-14-19)11-6-4-5-8-17-22-21-12-7-9-18-23-21;1-2-3-8-15-10-12-16(13-11-15)9-6-4-5-7-14-17;1-2-3-4-10-5-7-11(9-12)8-6-10;1-2-3-5-8-11-10-7-4-6-9-12-10;;;/h4-6,8-13,19-28H,2-3,7,14-18,29-30H2,1H3;2,6-8,10-15,19-28H,1,3-5,9,16-18,29H2;2,13-16,21H,1,3-12,17-18H2;2,10-13H,1,3-9,14H2;2,5-8H,1,3-4,9H2;10H,1-9H2;1H4;1H;/q2*+1;;;;-1;;;+2/p-1. The number of thioether (sulfide) groups is 1. The number of ether oxygens (including phenoxy) is 4. The van der Waals surface area contributed by atoms with E-state index < -0.39 is 14.5 Å². The van der Waals surface area contributed by atoms with Gasteiger partial charge in [0.15, 0.2) is 17.7 Å². The molecule has 2 unspecified atom stereocenters. The zero-order valence-corrected chi connectivity index (χ0v) is 94.0. The van der Waals surface area contributed by atoms with Gasteiger partial charge in [0.25, 0.3) is 0 Å². The molecular weight excluding hydrogens is 1990 g/mol. The molecule has 2 saturated heterocycles. The van der Waals surface area contributed by atoms with Gasteiger partial charge in [-0.15, -0.1) is 26.3 Å². The number of carbonyl (C=O) groups is 1. The Labute approximate surface area is 906 Å². The van der Waals surface area contributed by atoms with E-state index in [1.165, 1.54) is 253 Å². The monoisotopic (exact) mass is 2150 g/mol. The fourth-order valence-corrected chi connectivity index (χ4v) is 28.0. The maximum absolute atomic E-state index is 11.0. The van der Waals surface area contributed by atoms with Crippen molar-refractivity contribution in [3.8, 4) is 0 Å². The van der Waals surface area contributed by atoms with Crippen molar-refractivity contribution in [2.24, 2.45) is 0 Å². The molecule has 0 bridgehead atoms. The molecule has 12 heteroatoms. The first kappa shape index (κ1) is 125. The van der Waals surface area contributed by atoms with Gasteiger partial charge in [0, 0.05) is 49.8 Å². The van der Waals surface area contributed by atoms with Crippen LogP contribution in [0.25, 0.3) is 0 Å². The molecular formula is C129H171Br3MgO5P2S+2. The quantitative estimate of drug-likeness (QED) is 0.00946. The number of hydrogen-bond acceptors (Lipinski definition) is 6. The van der Waals surface area contributed by atoms with Crippen molar-refractivity contribution in [3.05, 3.63) is 416 Å². The van der Waals surface area contributed by atoms with Crippen molar-refractivity contribution in [1.29, 1.82) is 0 Å². The third kappa shape index (κ3) is 51.0. The molecule has 0 radical (unpaired) electrons. The van der Waals surface area contributed by atoms with Gasteiger partial charge >= 0.3 is 23.1 Å². The van der Waals surface area contributed by atoms with E-state index in [4.69, 9.17) is 18.9 Å². The molecule has 2 aliphatic rings. The Hall–Kier alpha value is -6.69. The number of halogens is 3. The number of rotatable bonds is 57. The zero-order chi connectivity index (χ0) is 97.3. The molecule has 0 aromatic heterocycles. The average molecular weight is 2160 g/mol. The second kappa shape index (κ2) is 80.5. The third-order valence-electron chi connectivity index (χ3n) is 25.8. The molecule has 11 aromatic rings. The predicted octanol–water partition coefficient (Wildman–Crippen LogP) is 30.5. The van der Waals surface area contributed by atoms with E-state index in [1.54, 1.807) is 6.92 Å². The summed E-state index contributed by atoms with van der Waals surface area (Å²) in [6, 6.07) is 113. The Morgan fingerprint density at radius 3 is 0.816 bits per heavy atom. The van der Waals surface area contributed by atoms with Gasteiger partial charge in [0.05, 0.1) is 12.3 Å². The predicted molar refractivity (Wildman–Crippen MR) is 628 cm³/mol. The smallest absolute Gasteiger partial charge is 1.00 e. The molecule has 2 heterocycles. The van der Waals surface area contributed by atoms with E-state index >= 15 is 0 Å². The first-order valence-corrected chi connectivity index (χ1v) is 59.7. The first-order chi connectivity index (χ1) is 68.0. The Morgan fingerprint density at radius 2 is 0.574 bits per heavy atom. The van der Waals surface area contributed by atoms with E-state index in [2.05, 4.69) is 368 Å². The summed E-state index contributed by atoms with van der Waals surface area (Å²) >= 11 is 8.33. The Morgan fingerprint density at radius 1 is 0.333 bits per heavy atom. The second-order valence-electron chi connectivity index (χ2n) is 36.6. The molecule has 0 amide bonds. The maximum atomic E-state index is 11.0. The summed E-state index contributed by atoms with van der Waals surface area (Å²) in [7, 11) is -3.38. The second-order valence-corrected chi connectivity index (χ2v) is 46.5. The van der Waals surface area contributed by atoms with Crippen molar-refractivity contribution >= 4 is 118 Å². The van der Waals surface area contributed by atoms with Crippen molar-refractivity contribution in [3.63, 3.8) is 0 Å².